The maximum atomic E-state index is 5.66. The van der Waals surface area contributed by atoms with E-state index in [-0.39, 0.29) is 11.6 Å². The molecule has 3 rings (SSSR count). The number of fused-ring (bicyclic) bond motifs is 1. The van der Waals surface area contributed by atoms with Gasteiger partial charge in [0.15, 0.2) is 11.5 Å². The lowest BCUT2D eigenvalue weighted by molar-refractivity contribution is 0.105. The summed E-state index contributed by atoms with van der Waals surface area (Å²) in [6, 6.07) is 0. The van der Waals surface area contributed by atoms with Crippen LogP contribution in [0.2, 0.25) is 0 Å². The van der Waals surface area contributed by atoms with Gasteiger partial charge in [-0.15, -0.1) is 0 Å². The highest BCUT2D eigenvalue weighted by molar-refractivity contribution is 5.66. The van der Waals surface area contributed by atoms with Gasteiger partial charge in [0.2, 0.25) is 0 Å². The molecule has 0 aromatic carbocycles. The van der Waals surface area contributed by atoms with Crippen molar-refractivity contribution in [2.24, 2.45) is 0 Å². The Balaban J connectivity index is 2.02. The summed E-state index contributed by atoms with van der Waals surface area (Å²) in [4.78, 5) is 8.94. The Morgan fingerprint density at radius 3 is 3.05 bits per heavy atom. The van der Waals surface area contributed by atoms with Crippen LogP contribution in [0, 0.1) is 0 Å². The van der Waals surface area contributed by atoms with Gasteiger partial charge >= 0.3 is 0 Å². The number of ether oxygens (including phenoxy) is 1. The molecule has 2 atom stereocenters. The van der Waals surface area contributed by atoms with Crippen molar-refractivity contribution >= 4 is 17.3 Å². The zero-order valence-corrected chi connectivity index (χ0v) is 11.5. The van der Waals surface area contributed by atoms with E-state index in [1.807, 2.05) is 23.8 Å². The molecule has 6 heteroatoms. The fraction of sp³-hybridized carbons (Fsp3) is 0.538. The van der Waals surface area contributed by atoms with E-state index >= 15 is 0 Å². The molecule has 19 heavy (non-hydrogen) atoms. The van der Waals surface area contributed by atoms with Gasteiger partial charge in [-0.05, 0) is 20.3 Å². The fourth-order valence-corrected chi connectivity index (χ4v) is 2.41. The summed E-state index contributed by atoms with van der Waals surface area (Å²) in [5, 5.41) is 6.58. The summed E-state index contributed by atoms with van der Waals surface area (Å²) < 4.78 is 7.62. The lowest BCUT2D eigenvalue weighted by atomic mass is 9.95. The van der Waals surface area contributed by atoms with Crippen LogP contribution in [-0.2, 0) is 4.74 Å². The molecule has 1 saturated heterocycles. The van der Waals surface area contributed by atoms with E-state index in [0.29, 0.717) is 0 Å². The second-order valence-corrected chi connectivity index (χ2v) is 5.19. The van der Waals surface area contributed by atoms with E-state index < -0.39 is 0 Å². The monoisotopic (exact) mass is 261 g/mol. The van der Waals surface area contributed by atoms with E-state index in [9.17, 15) is 0 Å². The normalized spacial score (nSPS) is 26.8. The summed E-state index contributed by atoms with van der Waals surface area (Å²) in [7, 11) is 1.86. The first kappa shape index (κ1) is 12.2. The summed E-state index contributed by atoms with van der Waals surface area (Å²) in [5.74, 6) is 1.60. The first-order valence-electron chi connectivity index (χ1n) is 6.53. The predicted molar refractivity (Wildman–Crippen MR) is 74.6 cm³/mol. The number of hydrogen-bond acceptors (Lipinski definition) is 5. The van der Waals surface area contributed by atoms with Gasteiger partial charge < -0.3 is 19.8 Å². The molecule has 1 aliphatic rings. The Hall–Kier alpha value is -1.82. The average molecular weight is 261 g/mol. The number of anilines is 2. The van der Waals surface area contributed by atoms with Crippen molar-refractivity contribution in [2.75, 3.05) is 24.3 Å². The fourth-order valence-electron chi connectivity index (χ4n) is 2.41. The average Bonchev–Trinajstić information content (AvgIpc) is 2.97. The molecule has 1 aliphatic heterocycles. The molecule has 0 aliphatic carbocycles. The topological polar surface area (TPSA) is 63.5 Å². The standard InChI is InChI=1S/C13H19N5O/c1-9-13(2,4-7-19-9)17-11-12-15-5-6-18(12)8-10(14-3)16-11/h5-6,8-9,14H,4,7H2,1-3H3,(H,16,17). The summed E-state index contributed by atoms with van der Waals surface area (Å²) in [6.07, 6.45) is 6.73. The van der Waals surface area contributed by atoms with Crippen LogP contribution in [-0.4, -0.2) is 39.7 Å². The Labute approximate surface area is 112 Å². The van der Waals surface area contributed by atoms with Gasteiger partial charge in [-0.3, -0.25) is 0 Å². The molecule has 2 N–H and O–H groups in total. The van der Waals surface area contributed by atoms with Gasteiger partial charge in [0.1, 0.15) is 5.82 Å². The molecule has 102 valence electrons. The Morgan fingerprint density at radius 1 is 1.53 bits per heavy atom. The van der Waals surface area contributed by atoms with Crippen LogP contribution in [0.5, 0.6) is 0 Å². The van der Waals surface area contributed by atoms with E-state index in [1.54, 1.807) is 6.20 Å². The maximum Gasteiger partial charge on any atom is 0.180 e. The van der Waals surface area contributed by atoms with Crippen molar-refractivity contribution in [2.45, 2.75) is 31.9 Å². The molecule has 0 amide bonds. The van der Waals surface area contributed by atoms with Gasteiger partial charge in [-0.2, -0.15) is 0 Å². The van der Waals surface area contributed by atoms with Gasteiger partial charge in [-0.1, -0.05) is 0 Å². The smallest absolute Gasteiger partial charge is 0.180 e. The molecule has 0 spiro atoms. The summed E-state index contributed by atoms with van der Waals surface area (Å²) in [5.41, 5.74) is 0.727. The molecule has 0 saturated carbocycles. The Bertz CT molecular complexity index is 596. The molecule has 0 bridgehead atoms. The van der Waals surface area contributed by atoms with Crippen LogP contribution in [0.25, 0.3) is 5.65 Å². The van der Waals surface area contributed by atoms with Crippen molar-refractivity contribution in [3.05, 3.63) is 18.6 Å². The second-order valence-electron chi connectivity index (χ2n) is 5.19. The Morgan fingerprint density at radius 2 is 2.37 bits per heavy atom. The van der Waals surface area contributed by atoms with Crippen molar-refractivity contribution < 1.29 is 4.74 Å². The predicted octanol–water partition coefficient (Wildman–Crippen LogP) is 1.75. The van der Waals surface area contributed by atoms with Crippen molar-refractivity contribution in [3.8, 4) is 0 Å². The van der Waals surface area contributed by atoms with E-state index in [4.69, 9.17) is 4.74 Å². The van der Waals surface area contributed by atoms with Crippen LogP contribution in [0.4, 0.5) is 11.6 Å². The molecule has 3 heterocycles. The molecule has 2 aromatic heterocycles. The highest BCUT2D eigenvalue weighted by atomic mass is 16.5. The number of nitrogens with one attached hydrogen (secondary N) is 2. The summed E-state index contributed by atoms with van der Waals surface area (Å²) in [6.45, 7) is 5.03. The van der Waals surface area contributed by atoms with Crippen molar-refractivity contribution in [1.82, 2.24) is 14.4 Å². The lowest BCUT2D eigenvalue weighted by Gasteiger charge is -2.29. The molecule has 2 aromatic rings. The highest BCUT2D eigenvalue weighted by Crippen LogP contribution is 2.30. The van der Waals surface area contributed by atoms with Crippen LogP contribution in [0.15, 0.2) is 18.6 Å². The zero-order valence-electron chi connectivity index (χ0n) is 11.5. The van der Waals surface area contributed by atoms with Gasteiger partial charge in [0, 0.05) is 26.0 Å². The van der Waals surface area contributed by atoms with Crippen LogP contribution < -0.4 is 10.6 Å². The third-order valence-corrected chi connectivity index (χ3v) is 3.92. The van der Waals surface area contributed by atoms with Crippen LogP contribution >= 0.6 is 0 Å². The van der Waals surface area contributed by atoms with E-state index in [0.717, 1.165) is 30.3 Å². The number of nitrogens with zero attached hydrogens (tertiary/aromatic N) is 3. The number of imidazole rings is 1. The van der Waals surface area contributed by atoms with Gasteiger partial charge in [0.05, 0.1) is 17.8 Å². The quantitative estimate of drug-likeness (QED) is 0.881. The highest BCUT2D eigenvalue weighted by Gasteiger charge is 2.37. The van der Waals surface area contributed by atoms with Crippen LogP contribution in [0.1, 0.15) is 20.3 Å². The SMILES string of the molecule is CNc1cn2ccnc2c(NC2(C)CCOC2C)n1. The molecule has 6 nitrogen and oxygen atoms in total. The summed E-state index contributed by atoms with van der Waals surface area (Å²) >= 11 is 0. The maximum absolute atomic E-state index is 5.66. The number of aromatic nitrogens is 3. The zero-order chi connectivity index (χ0) is 13.5. The third-order valence-electron chi connectivity index (χ3n) is 3.92. The number of rotatable bonds is 3. The van der Waals surface area contributed by atoms with Crippen molar-refractivity contribution in [1.29, 1.82) is 0 Å². The van der Waals surface area contributed by atoms with Crippen LogP contribution in [0.3, 0.4) is 0 Å². The Kier molecular flexibility index (Phi) is 2.82. The second kappa shape index (κ2) is 4.38. The molecule has 2 unspecified atom stereocenters. The third kappa shape index (κ3) is 2.02. The largest absolute Gasteiger partial charge is 0.376 e. The first-order valence-corrected chi connectivity index (χ1v) is 6.53. The molecule has 1 fully saturated rings. The minimum Gasteiger partial charge on any atom is -0.376 e. The first-order chi connectivity index (χ1) is 9.12. The van der Waals surface area contributed by atoms with Gasteiger partial charge in [0.25, 0.3) is 0 Å². The minimum absolute atomic E-state index is 0.105. The molecular formula is C13H19N5O. The van der Waals surface area contributed by atoms with Gasteiger partial charge in [-0.25, -0.2) is 9.97 Å². The lowest BCUT2D eigenvalue weighted by Crippen LogP contribution is -2.41. The van der Waals surface area contributed by atoms with E-state index in [1.165, 1.54) is 0 Å². The number of hydrogen-bond donors (Lipinski definition) is 2. The molecule has 0 radical (unpaired) electrons. The molecular weight excluding hydrogens is 242 g/mol. The van der Waals surface area contributed by atoms with E-state index in [2.05, 4.69) is 34.4 Å². The van der Waals surface area contributed by atoms with Crippen molar-refractivity contribution in [3.63, 3.8) is 0 Å². The minimum atomic E-state index is -0.105.